The van der Waals surface area contributed by atoms with E-state index >= 15 is 0 Å². The molecule has 18 heavy (non-hydrogen) atoms. The number of pyridine rings is 1. The van der Waals surface area contributed by atoms with E-state index in [1.807, 2.05) is 13.8 Å². The topological polar surface area (TPSA) is 66.0 Å². The first-order chi connectivity index (χ1) is 8.49. The first-order valence-corrected chi connectivity index (χ1v) is 6.56. The zero-order valence-corrected chi connectivity index (χ0v) is 11.5. The number of nitrogens with zero attached hydrogens (tertiary/aromatic N) is 2. The molecule has 0 bridgehead atoms. The van der Waals surface area contributed by atoms with Crippen LogP contribution in [-0.4, -0.2) is 23.9 Å². The number of piperidine rings is 1. The second-order valence-electron chi connectivity index (χ2n) is 5.33. The van der Waals surface area contributed by atoms with Crippen molar-refractivity contribution in [3.05, 3.63) is 23.0 Å². The molecule has 1 aliphatic heterocycles. The minimum atomic E-state index is 0.119. The Labute approximate surface area is 109 Å². The number of amidine groups is 1. The molecule has 1 fully saturated rings. The molecule has 0 unspecified atom stereocenters. The Morgan fingerprint density at radius 2 is 2.00 bits per heavy atom. The molecule has 0 atom stereocenters. The van der Waals surface area contributed by atoms with Crippen molar-refractivity contribution in [2.75, 3.05) is 18.0 Å². The highest BCUT2D eigenvalue weighted by Crippen LogP contribution is 2.28. The number of aryl methyl sites for hydroxylation is 2. The van der Waals surface area contributed by atoms with Crippen molar-refractivity contribution >= 4 is 11.5 Å². The largest absolute Gasteiger partial charge is 0.384 e. The zero-order valence-electron chi connectivity index (χ0n) is 11.5. The van der Waals surface area contributed by atoms with Crippen molar-refractivity contribution in [2.24, 2.45) is 11.7 Å². The molecule has 4 nitrogen and oxygen atoms in total. The van der Waals surface area contributed by atoms with Gasteiger partial charge in [0.25, 0.3) is 0 Å². The van der Waals surface area contributed by atoms with Crippen molar-refractivity contribution in [1.82, 2.24) is 4.98 Å². The lowest BCUT2D eigenvalue weighted by molar-refractivity contribution is 0.438. The van der Waals surface area contributed by atoms with Crippen molar-refractivity contribution in [3.63, 3.8) is 0 Å². The van der Waals surface area contributed by atoms with Crippen LogP contribution in [0.5, 0.6) is 0 Å². The van der Waals surface area contributed by atoms with Crippen molar-refractivity contribution in [1.29, 1.82) is 5.41 Å². The summed E-state index contributed by atoms with van der Waals surface area (Å²) < 4.78 is 0. The second-order valence-corrected chi connectivity index (χ2v) is 5.33. The Kier molecular flexibility index (Phi) is 3.55. The van der Waals surface area contributed by atoms with Gasteiger partial charge >= 0.3 is 0 Å². The van der Waals surface area contributed by atoms with E-state index in [1.165, 1.54) is 12.8 Å². The Balaban J connectivity index is 2.39. The molecule has 3 N–H and O–H groups in total. The molecule has 1 aromatic rings. The van der Waals surface area contributed by atoms with E-state index in [1.54, 1.807) is 0 Å². The van der Waals surface area contributed by atoms with Gasteiger partial charge in [0.15, 0.2) is 0 Å². The molecular formula is C14H22N4. The van der Waals surface area contributed by atoms with Crippen molar-refractivity contribution in [3.8, 4) is 0 Å². The maximum Gasteiger partial charge on any atom is 0.126 e. The molecule has 1 saturated heterocycles. The quantitative estimate of drug-likeness (QED) is 0.621. The minimum absolute atomic E-state index is 0.119. The van der Waals surface area contributed by atoms with Gasteiger partial charge in [-0.15, -0.1) is 0 Å². The highest BCUT2D eigenvalue weighted by molar-refractivity contribution is 6.01. The summed E-state index contributed by atoms with van der Waals surface area (Å²) in [5.74, 6) is 0.916. The first-order valence-electron chi connectivity index (χ1n) is 6.56. The van der Waals surface area contributed by atoms with E-state index < -0.39 is 0 Å². The third-order valence-corrected chi connectivity index (χ3v) is 3.70. The highest BCUT2D eigenvalue weighted by Gasteiger charge is 2.21. The van der Waals surface area contributed by atoms with Gasteiger partial charge in [-0.2, -0.15) is 0 Å². The molecule has 2 rings (SSSR count). The van der Waals surface area contributed by atoms with Crippen LogP contribution in [0, 0.1) is 25.2 Å². The van der Waals surface area contributed by atoms with Gasteiger partial charge in [0, 0.05) is 18.8 Å². The summed E-state index contributed by atoms with van der Waals surface area (Å²) in [6.07, 6.45) is 2.41. The highest BCUT2D eigenvalue weighted by atomic mass is 15.1. The molecule has 0 aromatic carbocycles. The smallest absolute Gasteiger partial charge is 0.126 e. The number of hydrogen-bond acceptors (Lipinski definition) is 3. The predicted octanol–water partition coefficient (Wildman–Crippen LogP) is 2.22. The van der Waals surface area contributed by atoms with Crippen LogP contribution in [0.4, 0.5) is 5.69 Å². The standard InChI is InChI=1S/C14H22N4/c1-9-4-6-18(7-5-9)12-8-10(2)17-11(3)13(12)14(15)16/h8-9H,4-7H2,1-3H3,(H3,15,16). The fourth-order valence-corrected chi connectivity index (χ4v) is 2.64. The van der Waals surface area contributed by atoms with Gasteiger partial charge < -0.3 is 10.6 Å². The van der Waals surface area contributed by atoms with Gasteiger partial charge in [0.2, 0.25) is 0 Å². The summed E-state index contributed by atoms with van der Waals surface area (Å²) in [4.78, 5) is 6.76. The maximum atomic E-state index is 7.76. The summed E-state index contributed by atoms with van der Waals surface area (Å²) in [6.45, 7) is 8.31. The van der Waals surface area contributed by atoms with Crippen molar-refractivity contribution < 1.29 is 0 Å². The number of anilines is 1. The number of hydrogen-bond donors (Lipinski definition) is 2. The van der Waals surface area contributed by atoms with Crippen LogP contribution in [0.3, 0.4) is 0 Å². The molecule has 4 heteroatoms. The second kappa shape index (κ2) is 4.96. The third-order valence-electron chi connectivity index (χ3n) is 3.70. The molecule has 1 aliphatic rings. The lowest BCUT2D eigenvalue weighted by Gasteiger charge is -2.33. The summed E-state index contributed by atoms with van der Waals surface area (Å²) >= 11 is 0. The SMILES string of the molecule is Cc1cc(N2CCC(C)CC2)c(C(=N)N)c(C)n1. The van der Waals surface area contributed by atoms with Crippen LogP contribution in [0.15, 0.2) is 6.07 Å². The normalized spacial score (nSPS) is 16.9. The average molecular weight is 246 g/mol. The molecule has 0 saturated carbocycles. The fourth-order valence-electron chi connectivity index (χ4n) is 2.64. The van der Waals surface area contributed by atoms with Crippen molar-refractivity contribution in [2.45, 2.75) is 33.6 Å². The zero-order chi connectivity index (χ0) is 13.3. The van der Waals surface area contributed by atoms with Gasteiger partial charge in [0.1, 0.15) is 5.84 Å². The van der Waals surface area contributed by atoms with Crippen LogP contribution in [-0.2, 0) is 0 Å². The van der Waals surface area contributed by atoms with E-state index in [2.05, 4.69) is 22.9 Å². The molecule has 98 valence electrons. The summed E-state index contributed by atoms with van der Waals surface area (Å²) in [7, 11) is 0. The molecule has 0 amide bonds. The molecule has 0 spiro atoms. The van der Waals surface area contributed by atoms with E-state index in [0.717, 1.165) is 41.6 Å². The predicted molar refractivity (Wildman–Crippen MR) is 75.3 cm³/mol. The molecule has 0 aliphatic carbocycles. The number of nitrogen functional groups attached to an aromatic ring is 1. The fraction of sp³-hybridized carbons (Fsp3) is 0.571. The van der Waals surface area contributed by atoms with E-state index in [9.17, 15) is 0 Å². The monoisotopic (exact) mass is 246 g/mol. The lowest BCUT2D eigenvalue weighted by Crippen LogP contribution is -2.35. The molecule has 0 radical (unpaired) electrons. The van der Waals surface area contributed by atoms with Crippen LogP contribution >= 0.6 is 0 Å². The number of nitrogens with one attached hydrogen (secondary N) is 1. The summed E-state index contributed by atoms with van der Waals surface area (Å²) in [6, 6.07) is 2.06. The Hall–Kier alpha value is -1.58. The lowest BCUT2D eigenvalue weighted by atomic mass is 9.97. The van der Waals surface area contributed by atoms with E-state index in [0.29, 0.717) is 0 Å². The van der Waals surface area contributed by atoms with Crippen LogP contribution in [0.25, 0.3) is 0 Å². The third kappa shape index (κ3) is 2.47. The number of rotatable bonds is 2. The van der Waals surface area contributed by atoms with E-state index in [4.69, 9.17) is 11.1 Å². The van der Waals surface area contributed by atoms with Gasteiger partial charge in [0.05, 0.1) is 16.9 Å². The van der Waals surface area contributed by atoms with Crippen LogP contribution < -0.4 is 10.6 Å². The molecule has 1 aromatic heterocycles. The summed E-state index contributed by atoms with van der Waals surface area (Å²) in [5.41, 5.74) is 9.45. The summed E-state index contributed by atoms with van der Waals surface area (Å²) in [5, 5.41) is 7.76. The van der Waals surface area contributed by atoms with Gasteiger partial charge in [-0.3, -0.25) is 10.4 Å². The maximum absolute atomic E-state index is 7.76. The van der Waals surface area contributed by atoms with Gasteiger partial charge in [-0.05, 0) is 38.7 Å². The Bertz CT molecular complexity index is 459. The van der Waals surface area contributed by atoms with Crippen LogP contribution in [0.1, 0.15) is 36.7 Å². The molecule has 2 heterocycles. The van der Waals surface area contributed by atoms with E-state index in [-0.39, 0.29) is 5.84 Å². The van der Waals surface area contributed by atoms with Gasteiger partial charge in [-0.1, -0.05) is 6.92 Å². The minimum Gasteiger partial charge on any atom is -0.384 e. The number of aromatic nitrogens is 1. The first kappa shape index (κ1) is 12.9. The van der Waals surface area contributed by atoms with Gasteiger partial charge in [-0.25, -0.2) is 0 Å². The Morgan fingerprint density at radius 3 is 2.56 bits per heavy atom. The van der Waals surface area contributed by atoms with Crippen LogP contribution in [0.2, 0.25) is 0 Å². The Morgan fingerprint density at radius 1 is 1.39 bits per heavy atom. The molecular weight excluding hydrogens is 224 g/mol. The number of nitrogens with two attached hydrogens (primary N) is 1. The average Bonchev–Trinajstić information content (AvgIpc) is 2.28.